The molecular formula is C18H17NO2. The van der Waals surface area contributed by atoms with E-state index in [2.05, 4.69) is 31.3 Å². The van der Waals surface area contributed by atoms with E-state index in [1.54, 1.807) is 7.11 Å². The lowest BCUT2D eigenvalue weighted by atomic mass is 10.00. The summed E-state index contributed by atoms with van der Waals surface area (Å²) in [7, 11) is 1.62. The minimum atomic E-state index is -0.0711. The second-order valence-corrected chi connectivity index (χ2v) is 5.28. The average Bonchev–Trinajstić information content (AvgIpc) is 2.77. The standard InChI is InChI=1S/C18H17NO2/c1-11-4-5-13(12(2)8-11)9-16-15-10-14(21-3)6-7-17(15)19-18(16)20/h4-10H,1-3H3,(H,19,20)/b16-9+. The molecule has 0 aliphatic carbocycles. The molecule has 0 aromatic heterocycles. The first-order valence-electron chi connectivity index (χ1n) is 6.87. The summed E-state index contributed by atoms with van der Waals surface area (Å²) in [4.78, 5) is 12.2. The van der Waals surface area contributed by atoms with E-state index in [-0.39, 0.29) is 5.91 Å². The Morgan fingerprint density at radius 2 is 1.90 bits per heavy atom. The van der Waals surface area contributed by atoms with E-state index in [1.165, 1.54) is 5.56 Å². The molecular weight excluding hydrogens is 262 g/mol. The van der Waals surface area contributed by atoms with E-state index in [0.717, 1.165) is 28.1 Å². The van der Waals surface area contributed by atoms with E-state index in [1.807, 2.05) is 30.3 Å². The highest BCUT2D eigenvalue weighted by Gasteiger charge is 2.24. The fourth-order valence-corrected chi connectivity index (χ4v) is 2.58. The summed E-state index contributed by atoms with van der Waals surface area (Å²) in [6.07, 6.45) is 1.94. The van der Waals surface area contributed by atoms with Crippen LogP contribution < -0.4 is 10.1 Å². The highest BCUT2D eigenvalue weighted by Crippen LogP contribution is 2.35. The molecule has 3 rings (SSSR count). The summed E-state index contributed by atoms with van der Waals surface area (Å²) < 4.78 is 5.25. The maximum Gasteiger partial charge on any atom is 0.256 e. The number of methoxy groups -OCH3 is 1. The van der Waals surface area contributed by atoms with Gasteiger partial charge in [-0.15, -0.1) is 0 Å². The second kappa shape index (κ2) is 5.09. The molecule has 0 saturated heterocycles. The molecule has 0 spiro atoms. The Morgan fingerprint density at radius 3 is 2.62 bits per heavy atom. The summed E-state index contributed by atoms with van der Waals surface area (Å²) in [5, 5.41) is 2.89. The van der Waals surface area contributed by atoms with Crippen LogP contribution in [0, 0.1) is 13.8 Å². The molecule has 3 heteroatoms. The quantitative estimate of drug-likeness (QED) is 0.849. The Balaban J connectivity index is 2.11. The van der Waals surface area contributed by atoms with Crippen LogP contribution in [-0.2, 0) is 4.79 Å². The molecule has 2 aromatic carbocycles. The maximum atomic E-state index is 12.2. The van der Waals surface area contributed by atoms with Crippen molar-refractivity contribution in [2.45, 2.75) is 13.8 Å². The number of anilines is 1. The van der Waals surface area contributed by atoms with Gasteiger partial charge in [0.2, 0.25) is 0 Å². The number of hydrogen-bond donors (Lipinski definition) is 1. The molecule has 1 heterocycles. The lowest BCUT2D eigenvalue weighted by Crippen LogP contribution is -2.03. The zero-order valence-corrected chi connectivity index (χ0v) is 12.4. The smallest absolute Gasteiger partial charge is 0.256 e. The Kier molecular flexibility index (Phi) is 3.26. The molecule has 1 amide bonds. The number of carbonyl (C=O) groups excluding carboxylic acids is 1. The Bertz CT molecular complexity index is 760. The zero-order chi connectivity index (χ0) is 15.0. The van der Waals surface area contributed by atoms with Crippen molar-refractivity contribution in [2.75, 3.05) is 12.4 Å². The van der Waals surface area contributed by atoms with Crippen LogP contribution in [0.25, 0.3) is 11.6 Å². The van der Waals surface area contributed by atoms with E-state index in [9.17, 15) is 4.79 Å². The lowest BCUT2D eigenvalue weighted by molar-refractivity contribution is -0.110. The van der Waals surface area contributed by atoms with Gasteiger partial charge in [-0.2, -0.15) is 0 Å². The number of ether oxygens (including phenoxy) is 1. The Labute approximate surface area is 124 Å². The van der Waals surface area contributed by atoms with Gasteiger partial charge in [0.15, 0.2) is 0 Å². The molecule has 0 radical (unpaired) electrons. The first kappa shape index (κ1) is 13.4. The Hall–Kier alpha value is -2.55. The number of fused-ring (bicyclic) bond motifs is 1. The largest absolute Gasteiger partial charge is 0.497 e. The Morgan fingerprint density at radius 1 is 1.10 bits per heavy atom. The zero-order valence-electron chi connectivity index (χ0n) is 12.4. The molecule has 106 valence electrons. The summed E-state index contributed by atoms with van der Waals surface area (Å²) in [6, 6.07) is 11.8. The minimum absolute atomic E-state index is 0.0711. The third-order valence-electron chi connectivity index (χ3n) is 3.73. The molecule has 0 saturated carbocycles. The molecule has 21 heavy (non-hydrogen) atoms. The number of benzene rings is 2. The fourth-order valence-electron chi connectivity index (χ4n) is 2.58. The van der Waals surface area contributed by atoms with E-state index in [4.69, 9.17) is 4.74 Å². The van der Waals surface area contributed by atoms with Crippen molar-refractivity contribution in [3.63, 3.8) is 0 Å². The van der Waals surface area contributed by atoms with Gasteiger partial charge in [-0.05, 0) is 49.2 Å². The number of rotatable bonds is 2. The number of aryl methyl sites for hydroxylation is 2. The maximum absolute atomic E-state index is 12.2. The van der Waals surface area contributed by atoms with Gasteiger partial charge in [0, 0.05) is 16.8 Å². The highest BCUT2D eigenvalue weighted by molar-refractivity contribution is 6.35. The van der Waals surface area contributed by atoms with Gasteiger partial charge < -0.3 is 10.1 Å². The predicted molar refractivity (Wildman–Crippen MR) is 85.4 cm³/mol. The van der Waals surface area contributed by atoms with Gasteiger partial charge in [0.1, 0.15) is 5.75 Å². The summed E-state index contributed by atoms with van der Waals surface area (Å²) >= 11 is 0. The first-order chi connectivity index (χ1) is 10.1. The molecule has 3 nitrogen and oxygen atoms in total. The number of hydrogen-bond acceptors (Lipinski definition) is 2. The monoisotopic (exact) mass is 279 g/mol. The fraction of sp³-hybridized carbons (Fsp3) is 0.167. The topological polar surface area (TPSA) is 38.3 Å². The van der Waals surface area contributed by atoms with Crippen LogP contribution in [-0.4, -0.2) is 13.0 Å². The third-order valence-corrected chi connectivity index (χ3v) is 3.73. The number of carbonyl (C=O) groups is 1. The summed E-state index contributed by atoms with van der Waals surface area (Å²) in [5.41, 5.74) is 5.83. The van der Waals surface area contributed by atoms with Gasteiger partial charge in [-0.3, -0.25) is 4.79 Å². The van der Waals surface area contributed by atoms with Crippen LogP contribution in [0.4, 0.5) is 5.69 Å². The molecule has 1 N–H and O–H groups in total. The predicted octanol–water partition coefficient (Wildman–Crippen LogP) is 3.80. The summed E-state index contributed by atoms with van der Waals surface area (Å²) in [5.74, 6) is 0.676. The first-order valence-corrected chi connectivity index (χ1v) is 6.87. The number of amides is 1. The molecule has 1 aliphatic heterocycles. The molecule has 2 aromatic rings. The van der Waals surface area contributed by atoms with Gasteiger partial charge >= 0.3 is 0 Å². The molecule has 0 fully saturated rings. The minimum Gasteiger partial charge on any atom is -0.497 e. The van der Waals surface area contributed by atoms with Gasteiger partial charge in [0.25, 0.3) is 5.91 Å². The average molecular weight is 279 g/mol. The molecule has 0 atom stereocenters. The van der Waals surface area contributed by atoms with E-state index >= 15 is 0 Å². The highest BCUT2D eigenvalue weighted by atomic mass is 16.5. The normalized spacial score (nSPS) is 15.0. The molecule has 0 bridgehead atoms. The van der Waals surface area contributed by atoms with Crippen molar-refractivity contribution < 1.29 is 9.53 Å². The van der Waals surface area contributed by atoms with Gasteiger partial charge in [0.05, 0.1) is 7.11 Å². The van der Waals surface area contributed by atoms with Crippen LogP contribution in [0.15, 0.2) is 36.4 Å². The van der Waals surface area contributed by atoms with Crippen LogP contribution in [0.5, 0.6) is 5.75 Å². The van der Waals surface area contributed by atoms with Crippen molar-refractivity contribution >= 4 is 23.2 Å². The molecule has 0 unspecified atom stereocenters. The van der Waals surface area contributed by atoms with Crippen LogP contribution >= 0.6 is 0 Å². The number of nitrogens with one attached hydrogen (secondary N) is 1. The second-order valence-electron chi connectivity index (χ2n) is 5.28. The van der Waals surface area contributed by atoms with E-state index < -0.39 is 0 Å². The molecule has 1 aliphatic rings. The third kappa shape index (κ3) is 2.42. The van der Waals surface area contributed by atoms with Crippen molar-refractivity contribution in [3.8, 4) is 5.75 Å². The van der Waals surface area contributed by atoms with Crippen LogP contribution in [0.3, 0.4) is 0 Å². The van der Waals surface area contributed by atoms with Crippen molar-refractivity contribution in [3.05, 3.63) is 58.7 Å². The van der Waals surface area contributed by atoms with Crippen LogP contribution in [0.2, 0.25) is 0 Å². The van der Waals surface area contributed by atoms with Gasteiger partial charge in [-0.1, -0.05) is 23.8 Å². The SMILES string of the molecule is COc1ccc2c(c1)/C(=C\c1ccc(C)cc1C)C(=O)N2. The van der Waals surface area contributed by atoms with Gasteiger partial charge in [-0.25, -0.2) is 0 Å². The van der Waals surface area contributed by atoms with E-state index in [0.29, 0.717) is 5.57 Å². The van der Waals surface area contributed by atoms with Crippen molar-refractivity contribution in [1.82, 2.24) is 0 Å². The lowest BCUT2D eigenvalue weighted by Gasteiger charge is -2.05. The van der Waals surface area contributed by atoms with Crippen molar-refractivity contribution in [1.29, 1.82) is 0 Å². The van der Waals surface area contributed by atoms with Crippen LogP contribution in [0.1, 0.15) is 22.3 Å². The summed E-state index contributed by atoms with van der Waals surface area (Å²) in [6.45, 7) is 4.12. The van der Waals surface area contributed by atoms with Crippen molar-refractivity contribution in [2.24, 2.45) is 0 Å².